The van der Waals surface area contributed by atoms with Crippen LogP contribution < -0.4 is 14.4 Å². The molecule has 1 saturated carbocycles. The van der Waals surface area contributed by atoms with Gasteiger partial charge in [0.05, 0.1) is 22.7 Å². The van der Waals surface area contributed by atoms with Crippen molar-refractivity contribution < 1.29 is 22.7 Å². The Morgan fingerprint density at radius 1 is 0.894 bits per heavy atom. The Morgan fingerprint density at radius 2 is 1.51 bits per heavy atom. The van der Waals surface area contributed by atoms with Crippen molar-refractivity contribution in [1.29, 1.82) is 0 Å². The van der Waals surface area contributed by atoms with E-state index in [0.29, 0.717) is 5.75 Å². The average Bonchev–Trinajstić information content (AvgIpc) is 3.59. The minimum absolute atomic E-state index is 0.0252. The highest BCUT2D eigenvalue weighted by atomic mass is 35.5. The first-order valence-electron chi connectivity index (χ1n) is 15.8. The highest BCUT2D eigenvalue weighted by Crippen LogP contribution is 2.32. The Hall–Kier alpha value is -4.34. The van der Waals surface area contributed by atoms with Gasteiger partial charge in [0.1, 0.15) is 18.3 Å². The Bertz CT molecular complexity index is 1760. The van der Waals surface area contributed by atoms with E-state index in [2.05, 4.69) is 5.32 Å². The molecule has 1 aliphatic rings. The number of rotatable bonds is 13. The molecule has 246 valence electrons. The molecule has 0 heterocycles. The van der Waals surface area contributed by atoms with Gasteiger partial charge >= 0.3 is 0 Å². The van der Waals surface area contributed by atoms with Gasteiger partial charge in [-0.15, -0.1) is 0 Å². The van der Waals surface area contributed by atoms with E-state index in [1.165, 1.54) is 30.2 Å². The maximum Gasteiger partial charge on any atom is 0.264 e. The molecule has 4 aromatic carbocycles. The number of sulfonamides is 1. The van der Waals surface area contributed by atoms with Crippen LogP contribution in [0.3, 0.4) is 0 Å². The topological polar surface area (TPSA) is 96.0 Å². The number of ether oxygens (including phenoxy) is 1. The molecule has 8 nitrogen and oxygen atoms in total. The number of aryl methyl sites for hydroxylation is 1. The molecule has 2 amide bonds. The third-order valence-electron chi connectivity index (χ3n) is 8.48. The van der Waals surface area contributed by atoms with Gasteiger partial charge in [0.2, 0.25) is 11.8 Å². The number of carbonyl (C=O) groups excluding carboxylic acids is 2. The van der Waals surface area contributed by atoms with Crippen LogP contribution >= 0.6 is 11.6 Å². The van der Waals surface area contributed by atoms with Gasteiger partial charge in [-0.05, 0) is 61.2 Å². The Kier molecular flexibility index (Phi) is 11.2. The third kappa shape index (κ3) is 8.53. The minimum Gasteiger partial charge on any atom is -0.495 e. The highest BCUT2D eigenvalue weighted by molar-refractivity contribution is 7.92. The minimum atomic E-state index is -4.25. The van der Waals surface area contributed by atoms with Crippen LogP contribution in [0.4, 0.5) is 5.69 Å². The number of anilines is 1. The molecule has 1 N–H and O–H groups in total. The van der Waals surface area contributed by atoms with Gasteiger partial charge in [-0.3, -0.25) is 13.9 Å². The molecule has 1 aliphatic carbocycles. The molecule has 0 radical (unpaired) electrons. The van der Waals surface area contributed by atoms with Gasteiger partial charge in [-0.2, -0.15) is 0 Å². The summed E-state index contributed by atoms with van der Waals surface area (Å²) in [6.07, 6.45) is 4.11. The van der Waals surface area contributed by atoms with E-state index in [1.54, 1.807) is 24.3 Å². The monoisotopic (exact) mass is 673 g/mol. The summed E-state index contributed by atoms with van der Waals surface area (Å²) in [6.45, 7) is 1.41. The smallest absolute Gasteiger partial charge is 0.264 e. The van der Waals surface area contributed by atoms with E-state index < -0.39 is 28.5 Å². The number of halogens is 1. The van der Waals surface area contributed by atoms with Crippen LogP contribution in [0, 0.1) is 6.92 Å². The number of methoxy groups -OCH3 is 1. The predicted molar refractivity (Wildman–Crippen MR) is 185 cm³/mol. The van der Waals surface area contributed by atoms with Crippen molar-refractivity contribution in [2.45, 2.75) is 62.6 Å². The van der Waals surface area contributed by atoms with Crippen molar-refractivity contribution in [3.05, 3.63) is 125 Å². The summed E-state index contributed by atoms with van der Waals surface area (Å²) in [5, 5.41) is 3.39. The number of amides is 2. The lowest BCUT2D eigenvalue weighted by Gasteiger charge is -2.34. The van der Waals surface area contributed by atoms with Crippen molar-refractivity contribution >= 4 is 39.1 Å². The highest BCUT2D eigenvalue weighted by Gasteiger charge is 2.35. The molecule has 0 bridgehead atoms. The van der Waals surface area contributed by atoms with E-state index in [-0.39, 0.29) is 40.5 Å². The summed E-state index contributed by atoms with van der Waals surface area (Å²) >= 11 is 6.47. The first kappa shape index (κ1) is 34.0. The van der Waals surface area contributed by atoms with Gasteiger partial charge in [-0.25, -0.2) is 8.42 Å². The first-order valence-corrected chi connectivity index (χ1v) is 17.6. The van der Waals surface area contributed by atoms with Gasteiger partial charge < -0.3 is 15.0 Å². The van der Waals surface area contributed by atoms with Crippen LogP contribution in [0.2, 0.25) is 5.02 Å². The first-order chi connectivity index (χ1) is 22.7. The summed E-state index contributed by atoms with van der Waals surface area (Å²) in [4.78, 5) is 30.3. The fourth-order valence-electron chi connectivity index (χ4n) is 5.88. The molecular formula is C37H40ClN3O5S. The molecule has 1 fully saturated rings. The van der Waals surface area contributed by atoms with Crippen LogP contribution in [-0.2, 0) is 32.6 Å². The Morgan fingerprint density at radius 3 is 2.11 bits per heavy atom. The lowest BCUT2D eigenvalue weighted by molar-refractivity contribution is -0.140. The van der Waals surface area contributed by atoms with Crippen molar-refractivity contribution in [3.63, 3.8) is 0 Å². The summed E-state index contributed by atoms with van der Waals surface area (Å²) in [6, 6.07) is 29.1. The molecule has 0 aromatic heterocycles. The zero-order valence-electron chi connectivity index (χ0n) is 26.6. The fraction of sp³-hybridized carbons (Fsp3) is 0.297. The summed E-state index contributed by atoms with van der Waals surface area (Å²) < 4.78 is 34.9. The van der Waals surface area contributed by atoms with Gasteiger partial charge in [-0.1, -0.05) is 103 Å². The maximum absolute atomic E-state index is 14.6. The molecule has 0 spiro atoms. The molecule has 10 heteroatoms. The number of nitrogens with one attached hydrogen (secondary N) is 1. The van der Waals surface area contributed by atoms with E-state index in [9.17, 15) is 18.0 Å². The van der Waals surface area contributed by atoms with Crippen molar-refractivity contribution in [3.8, 4) is 5.75 Å². The summed E-state index contributed by atoms with van der Waals surface area (Å²) in [5.74, 6) is -0.420. The quantitative estimate of drug-likeness (QED) is 0.174. The molecule has 4 aromatic rings. The molecule has 0 aliphatic heterocycles. The van der Waals surface area contributed by atoms with Crippen LogP contribution in [0.1, 0.15) is 42.4 Å². The second-order valence-corrected chi connectivity index (χ2v) is 14.1. The predicted octanol–water partition coefficient (Wildman–Crippen LogP) is 6.55. The van der Waals surface area contributed by atoms with E-state index >= 15 is 0 Å². The number of nitrogens with zero attached hydrogens (tertiary/aromatic N) is 2. The van der Waals surface area contributed by atoms with E-state index in [4.69, 9.17) is 16.3 Å². The number of carbonyl (C=O) groups is 2. The standard InChI is InChI=1S/C37H40ClN3O5S/c1-27-17-20-32(21-18-27)47(44,45)41(31-19-22-35(46-2)33(38)24-31)26-36(42)40(25-29-13-7-4-8-14-29)34(23-28-11-5-3-6-12-28)37(43)39-30-15-9-10-16-30/h3-8,11-14,17-22,24,30,34H,9-10,15-16,23,25-26H2,1-2H3,(H,39,43)/t34-/m1/s1. The van der Waals surface area contributed by atoms with Crippen LogP contribution in [0.5, 0.6) is 5.75 Å². The van der Waals surface area contributed by atoms with Gasteiger partial charge in [0.25, 0.3) is 10.0 Å². The molecule has 1 atom stereocenters. The second-order valence-electron chi connectivity index (χ2n) is 11.8. The molecule has 5 rings (SSSR count). The van der Waals surface area contributed by atoms with Crippen molar-refractivity contribution in [1.82, 2.24) is 10.2 Å². The maximum atomic E-state index is 14.6. The lowest BCUT2D eigenvalue weighted by Crippen LogP contribution is -2.54. The number of benzene rings is 4. The average molecular weight is 674 g/mol. The van der Waals surface area contributed by atoms with Crippen molar-refractivity contribution in [2.75, 3.05) is 18.0 Å². The zero-order chi connectivity index (χ0) is 33.4. The summed E-state index contributed by atoms with van der Waals surface area (Å²) in [7, 11) is -2.78. The normalized spacial score (nSPS) is 13.9. The molecular weight excluding hydrogens is 634 g/mol. The number of hydrogen-bond donors (Lipinski definition) is 1. The number of hydrogen-bond acceptors (Lipinski definition) is 5. The van der Waals surface area contributed by atoms with Gasteiger partial charge in [0, 0.05) is 19.0 Å². The Balaban J connectivity index is 1.57. The van der Waals surface area contributed by atoms with Crippen LogP contribution in [0.15, 0.2) is 108 Å². The van der Waals surface area contributed by atoms with Crippen LogP contribution in [0.25, 0.3) is 0 Å². The zero-order valence-corrected chi connectivity index (χ0v) is 28.2. The SMILES string of the molecule is COc1ccc(N(CC(=O)N(Cc2ccccc2)[C@H](Cc2ccccc2)C(=O)NC2CCCC2)S(=O)(=O)c2ccc(C)cc2)cc1Cl. The summed E-state index contributed by atoms with van der Waals surface area (Å²) in [5.41, 5.74) is 2.79. The van der Waals surface area contributed by atoms with E-state index in [0.717, 1.165) is 46.7 Å². The van der Waals surface area contributed by atoms with Gasteiger partial charge in [0.15, 0.2) is 0 Å². The Labute approximate surface area is 282 Å². The van der Waals surface area contributed by atoms with Crippen LogP contribution in [-0.4, -0.2) is 50.9 Å². The van der Waals surface area contributed by atoms with E-state index in [1.807, 2.05) is 67.6 Å². The molecule has 47 heavy (non-hydrogen) atoms. The molecule has 0 saturated heterocycles. The lowest BCUT2D eigenvalue weighted by atomic mass is 10.0. The fourth-order valence-corrected chi connectivity index (χ4v) is 7.54. The second kappa shape index (κ2) is 15.5. The molecule has 0 unspecified atom stereocenters. The largest absolute Gasteiger partial charge is 0.495 e. The third-order valence-corrected chi connectivity index (χ3v) is 10.6. The van der Waals surface area contributed by atoms with Crippen molar-refractivity contribution in [2.24, 2.45) is 0 Å².